The molecular weight excluding hydrogens is 196 g/mol. The SMILES string of the molecule is CC(=O)Nc1cc(C)cc(C)c1[N+](=O)[O-]. The Bertz CT molecular complexity index is 427. The van der Waals surface area contributed by atoms with Crippen LogP contribution in [0.5, 0.6) is 0 Å². The third kappa shape index (κ3) is 2.52. The number of rotatable bonds is 2. The predicted molar refractivity (Wildman–Crippen MR) is 56.9 cm³/mol. The molecule has 0 fully saturated rings. The second-order valence-electron chi connectivity index (χ2n) is 3.42. The van der Waals surface area contributed by atoms with E-state index < -0.39 is 4.92 Å². The van der Waals surface area contributed by atoms with Crippen LogP contribution in [0.1, 0.15) is 18.1 Å². The molecule has 5 nitrogen and oxygen atoms in total. The molecule has 5 heteroatoms. The van der Waals surface area contributed by atoms with Crippen molar-refractivity contribution in [2.75, 3.05) is 5.32 Å². The predicted octanol–water partition coefficient (Wildman–Crippen LogP) is 2.17. The van der Waals surface area contributed by atoms with Gasteiger partial charge in [-0.15, -0.1) is 0 Å². The number of anilines is 1. The van der Waals surface area contributed by atoms with Gasteiger partial charge in [0, 0.05) is 12.5 Å². The minimum atomic E-state index is -0.486. The van der Waals surface area contributed by atoms with E-state index in [4.69, 9.17) is 0 Å². The van der Waals surface area contributed by atoms with E-state index in [1.54, 1.807) is 19.1 Å². The molecule has 0 saturated heterocycles. The van der Waals surface area contributed by atoms with E-state index in [1.807, 2.05) is 6.92 Å². The largest absolute Gasteiger partial charge is 0.321 e. The van der Waals surface area contributed by atoms with E-state index in [0.29, 0.717) is 5.56 Å². The highest BCUT2D eigenvalue weighted by atomic mass is 16.6. The average molecular weight is 208 g/mol. The lowest BCUT2D eigenvalue weighted by atomic mass is 10.1. The highest BCUT2D eigenvalue weighted by molar-refractivity contribution is 5.91. The standard InChI is InChI=1S/C10H12N2O3/c1-6-4-7(2)10(12(14)15)9(5-6)11-8(3)13/h4-5H,1-3H3,(H,11,13). The first kappa shape index (κ1) is 11.2. The lowest BCUT2D eigenvalue weighted by Gasteiger charge is -2.07. The molecule has 0 radical (unpaired) electrons. The molecule has 1 amide bonds. The summed E-state index contributed by atoms with van der Waals surface area (Å²) in [6, 6.07) is 3.30. The van der Waals surface area contributed by atoms with Crippen LogP contribution >= 0.6 is 0 Å². The molecule has 15 heavy (non-hydrogen) atoms. The van der Waals surface area contributed by atoms with E-state index in [0.717, 1.165) is 5.56 Å². The van der Waals surface area contributed by atoms with Crippen molar-refractivity contribution in [2.24, 2.45) is 0 Å². The summed E-state index contributed by atoms with van der Waals surface area (Å²) in [7, 11) is 0. The maximum absolute atomic E-state index is 10.9. The molecule has 0 atom stereocenters. The molecular formula is C10H12N2O3. The molecule has 0 aromatic heterocycles. The number of hydrogen-bond donors (Lipinski definition) is 1. The molecule has 0 spiro atoms. The summed E-state index contributed by atoms with van der Waals surface area (Å²) in [4.78, 5) is 21.2. The molecule has 0 aliphatic carbocycles. The van der Waals surface area contributed by atoms with Gasteiger partial charge in [-0.1, -0.05) is 0 Å². The molecule has 1 aromatic rings. The summed E-state index contributed by atoms with van der Waals surface area (Å²) < 4.78 is 0. The summed E-state index contributed by atoms with van der Waals surface area (Å²) in [5, 5.41) is 13.2. The minimum Gasteiger partial charge on any atom is -0.321 e. The summed E-state index contributed by atoms with van der Waals surface area (Å²) in [6.07, 6.45) is 0. The third-order valence-electron chi connectivity index (χ3n) is 1.94. The van der Waals surface area contributed by atoms with Crippen LogP contribution in [-0.4, -0.2) is 10.8 Å². The van der Waals surface area contributed by atoms with Gasteiger partial charge in [0.25, 0.3) is 5.69 Å². The van der Waals surface area contributed by atoms with E-state index in [1.165, 1.54) is 6.92 Å². The fourth-order valence-corrected chi connectivity index (χ4v) is 1.49. The van der Waals surface area contributed by atoms with Crippen molar-refractivity contribution in [3.8, 4) is 0 Å². The van der Waals surface area contributed by atoms with Crippen molar-refractivity contribution >= 4 is 17.3 Å². The zero-order chi connectivity index (χ0) is 11.6. The summed E-state index contributed by atoms with van der Waals surface area (Å²) >= 11 is 0. The van der Waals surface area contributed by atoms with Gasteiger partial charge in [0.2, 0.25) is 5.91 Å². The quantitative estimate of drug-likeness (QED) is 0.598. The first-order valence-corrected chi connectivity index (χ1v) is 4.45. The molecule has 0 saturated carbocycles. The number of nitro benzene ring substituents is 1. The van der Waals surface area contributed by atoms with Crippen LogP contribution in [0.3, 0.4) is 0 Å². The maximum atomic E-state index is 10.9. The minimum absolute atomic E-state index is 0.0456. The van der Waals surface area contributed by atoms with Crippen LogP contribution < -0.4 is 5.32 Å². The van der Waals surface area contributed by atoms with Crippen LogP contribution in [0.15, 0.2) is 12.1 Å². The Morgan fingerprint density at radius 1 is 1.40 bits per heavy atom. The number of nitrogens with zero attached hydrogens (tertiary/aromatic N) is 1. The Morgan fingerprint density at radius 2 is 2.00 bits per heavy atom. The second kappa shape index (κ2) is 4.08. The van der Waals surface area contributed by atoms with E-state index >= 15 is 0 Å². The fourth-order valence-electron chi connectivity index (χ4n) is 1.49. The zero-order valence-electron chi connectivity index (χ0n) is 8.83. The maximum Gasteiger partial charge on any atom is 0.295 e. The van der Waals surface area contributed by atoms with Gasteiger partial charge in [0.05, 0.1) is 4.92 Å². The van der Waals surface area contributed by atoms with Crippen LogP contribution in [0.4, 0.5) is 11.4 Å². The van der Waals surface area contributed by atoms with Gasteiger partial charge in [-0.2, -0.15) is 0 Å². The van der Waals surface area contributed by atoms with Crippen molar-refractivity contribution in [2.45, 2.75) is 20.8 Å². The normalized spacial score (nSPS) is 9.80. The van der Waals surface area contributed by atoms with Crippen molar-refractivity contribution in [3.63, 3.8) is 0 Å². The molecule has 0 unspecified atom stereocenters. The van der Waals surface area contributed by atoms with E-state index in [-0.39, 0.29) is 17.3 Å². The number of nitrogens with one attached hydrogen (secondary N) is 1. The van der Waals surface area contributed by atoms with Gasteiger partial charge in [-0.3, -0.25) is 14.9 Å². The van der Waals surface area contributed by atoms with Gasteiger partial charge < -0.3 is 5.32 Å². The Hall–Kier alpha value is -1.91. The molecule has 0 aliphatic heterocycles. The topological polar surface area (TPSA) is 72.2 Å². The molecule has 0 aliphatic rings. The number of carbonyl (C=O) groups is 1. The van der Waals surface area contributed by atoms with Crippen molar-refractivity contribution in [1.29, 1.82) is 0 Å². The van der Waals surface area contributed by atoms with Gasteiger partial charge in [0.1, 0.15) is 5.69 Å². The van der Waals surface area contributed by atoms with Crippen molar-refractivity contribution in [1.82, 2.24) is 0 Å². The Morgan fingerprint density at radius 3 is 2.47 bits per heavy atom. The molecule has 0 heterocycles. The molecule has 1 rings (SSSR count). The first-order chi connectivity index (χ1) is 6.91. The molecule has 1 aromatic carbocycles. The van der Waals surface area contributed by atoms with Gasteiger partial charge >= 0.3 is 0 Å². The number of aryl methyl sites for hydroxylation is 2. The Kier molecular flexibility index (Phi) is 3.04. The van der Waals surface area contributed by atoms with Crippen molar-refractivity contribution in [3.05, 3.63) is 33.4 Å². The van der Waals surface area contributed by atoms with Gasteiger partial charge in [-0.05, 0) is 31.5 Å². The van der Waals surface area contributed by atoms with Crippen LogP contribution in [0, 0.1) is 24.0 Å². The lowest BCUT2D eigenvalue weighted by molar-refractivity contribution is -0.384. The first-order valence-electron chi connectivity index (χ1n) is 4.45. The average Bonchev–Trinajstić information content (AvgIpc) is 1.99. The Balaban J connectivity index is 3.33. The van der Waals surface area contributed by atoms with Crippen molar-refractivity contribution < 1.29 is 9.72 Å². The Labute approximate surface area is 87.3 Å². The lowest BCUT2D eigenvalue weighted by Crippen LogP contribution is -2.09. The van der Waals surface area contributed by atoms with Gasteiger partial charge in [0.15, 0.2) is 0 Å². The number of hydrogen-bond acceptors (Lipinski definition) is 3. The van der Waals surface area contributed by atoms with Crippen LogP contribution in [0.2, 0.25) is 0 Å². The van der Waals surface area contributed by atoms with Crippen LogP contribution in [0.25, 0.3) is 0 Å². The molecule has 1 N–H and O–H groups in total. The number of amides is 1. The smallest absolute Gasteiger partial charge is 0.295 e. The van der Waals surface area contributed by atoms with E-state index in [9.17, 15) is 14.9 Å². The number of benzene rings is 1. The van der Waals surface area contributed by atoms with Gasteiger partial charge in [-0.25, -0.2) is 0 Å². The summed E-state index contributed by atoms with van der Waals surface area (Å²) in [6.45, 7) is 4.79. The second-order valence-corrected chi connectivity index (χ2v) is 3.42. The zero-order valence-corrected chi connectivity index (χ0v) is 8.83. The molecule has 80 valence electrons. The highest BCUT2D eigenvalue weighted by Gasteiger charge is 2.18. The van der Waals surface area contributed by atoms with E-state index in [2.05, 4.69) is 5.32 Å². The summed E-state index contributed by atoms with van der Waals surface area (Å²) in [5.41, 5.74) is 1.63. The third-order valence-corrected chi connectivity index (χ3v) is 1.94. The van der Waals surface area contributed by atoms with Crippen LogP contribution in [-0.2, 0) is 4.79 Å². The summed E-state index contributed by atoms with van der Waals surface area (Å²) in [5.74, 6) is -0.317. The number of nitro groups is 1. The number of carbonyl (C=O) groups excluding carboxylic acids is 1. The monoisotopic (exact) mass is 208 g/mol. The molecule has 0 bridgehead atoms. The fraction of sp³-hybridized carbons (Fsp3) is 0.300. The highest BCUT2D eigenvalue weighted by Crippen LogP contribution is 2.29.